The number of rotatable bonds is 7. The molecule has 0 aromatic heterocycles. The maximum atomic E-state index is 5.49. The van der Waals surface area contributed by atoms with Crippen LogP contribution in [-0.2, 0) is 0 Å². The van der Waals surface area contributed by atoms with Crippen molar-refractivity contribution in [2.45, 2.75) is 32.4 Å². The van der Waals surface area contributed by atoms with Gasteiger partial charge in [-0.25, -0.2) is 0 Å². The van der Waals surface area contributed by atoms with Gasteiger partial charge in [0.05, 0.1) is 13.2 Å². The van der Waals surface area contributed by atoms with Crippen LogP contribution in [0.5, 0.6) is 5.75 Å². The summed E-state index contributed by atoms with van der Waals surface area (Å²) in [6.45, 7) is 5.06. The number of guanidine groups is 1. The molecule has 5 nitrogen and oxygen atoms in total. The van der Waals surface area contributed by atoms with Gasteiger partial charge < -0.3 is 20.3 Å². The van der Waals surface area contributed by atoms with E-state index in [1.165, 1.54) is 5.56 Å². The molecule has 0 saturated carbocycles. The van der Waals surface area contributed by atoms with Gasteiger partial charge in [0.2, 0.25) is 0 Å². The summed E-state index contributed by atoms with van der Waals surface area (Å²) in [6.07, 6.45) is 1.06. The monoisotopic (exact) mass is 434 g/mol. The molecule has 23 heavy (non-hydrogen) atoms. The minimum absolute atomic E-state index is 0. The number of nitrogens with zero attached hydrogens (tertiary/aromatic N) is 2. The number of ether oxygens (including phenoxy) is 1. The van der Waals surface area contributed by atoms with Crippen molar-refractivity contribution in [1.82, 2.24) is 15.5 Å². The Hall–Kier alpha value is -1.02. The zero-order valence-electron chi connectivity index (χ0n) is 15.1. The topological polar surface area (TPSA) is 48.9 Å². The average molecular weight is 434 g/mol. The third-order valence-corrected chi connectivity index (χ3v) is 3.80. The highest BCUT2D eigenvalue weighted by Gasteiger charge is 2.18. The molecule has 0 heterocycles. The summed E-state index contributed by atoms with van der Waals surface area (Å²) in [7, 11) is 7.65. The molecule has 0 amide bonds. The molecule has 1 rings (SSSR count). The summed E-state index contributed by atoms with van der Waals surface area (Å²) in [5.74, 6) is 1.74. The van der Waals surface area contributed by atoms with Gasteiger partial charge in [-0.05, 0) is 33.5 Å². The number of methoxy groups -OCH3 is 1. The van der Waals surface area contributed by atoms with Gasteiger partial charge in [0, 0.05) is 25.2 Å². The predicted molar refractivity (Wildman–Crippen MR) is 109 cm³/mol. The summed E-state index contributed by atoms with van der Waals surface area (Å²) in [5, 5.41) is 6.79. The highest BCUT2D eigenvalue weighted by Crippen LogP contribution is 2.27. The Balaban J connectivity index is 0.00000484. The fraction of sp³-hybridized carbons (Fsp3) is 0.588. The number of hydrogen-bond acceptors (Lipinski definition) is 3. The van der Waals surface area contributed by atoms with E-state index in [1.807, 2.05) is 18.2 Å². The van der Waals surface area contributed by atoms with Gasteiger partial charge in [-0.15, -0.1) is 24.0 Å². The predicted octanol–water partition coefficient (Wildman–Crippen LogP) is 2.88. The lowest BCUT2D eigenvalue weighted by atomic mass is 10.0. The molecule has 6 heteroatoms. The molecule has 2 atom stereocenters. The molecule has 2 N–H and O–H groups in total. The van der Waals surface area contributed by atoms with Crippen LogP contribution < -0.4 is 15.4 Å². The number of halogens is 1. The molecule has 0 saturated heterocycles. The zero-order valence-corrected chi connectivity index (χ0v) is 17.4. The highest BCUT2D eigenvalue weighted by atomic mass is 127. The van der Waals surface area contributed by atoms with E-state index < -0.39 is 0 Å². The Morgan fingerprint density at radius 2 is 1.96 bits per heavy atom. The number of hydrogen-bond donors (Lipinski definition) is 2. The molecule has 0 fully saturated rings. The largest absolute Gasteiger partial charge is 0.496 e. The highest BCUT2D eigenvalue weighted by molar-refractivity contribution is 14.0. The van der Waals surface area contributed by atoms with Crippen molar-refractivity contribution in [2.75, 3.05) is 34.8 Å². The average Bonchev–Trinajstić information content (AvgIpc) is 2.53. The lowest BCUT2D eigenvalue weighted by molar-refractivity contribution is 0.287. The van der Waals surface area contributed by atoms with E-state index in [0.717, 1.165) is 24.7 Å². The van der Waals surface area contributed by atoms with Gasteiger partial charge in [0.25, 0.3) is 0 Å². The molecule has 0 aliphatic heterocycles. The van der Waals surface area contributed by atoms with Gasteiger partial charge in [0.1, 0.15) is 5.75 Å². The van der Waals surface area contributed by atoms with Crippen LogP contribution in [0.2, 0.25) is 0 Å². The van der Waals surface area contributed by atoms with Gasteiger partial charge in [-0.1, -0.05) is 25.1 Å². The molecule has 0 spiro atoms. The smallest absolute Gasteiger partial charge is 0.191 e. The fourth-order valence-corrected chi connectivity index (χ4v) is 2.24. The van der Waals surface area contributed by atoms with Crippen molar-refractivity contribution in [1.29, 1.82) is 0 Å². The number of likely N-dealkylation sites (N-methyl/N-ethyl adjacent to an activating group) is 1. The van der Waals surface area contributed by atoms with E-state index in [9.17, 15) is 0 Å². The Bertz CT molecular complexity index is 479. The van der Waals surface area contributed by atoms with Crippen molar-refractivity contribution in [3.8, 4) is 5.75 Å². The van der Waals surface area contributed by atoms with Crippen LogP contribution in [-0.4, -0.2) is 51.7 Å². The minimum Gasteiger partial charge on any atom is -0.496 e. The van der Waals surface area contributed by atoms with Gasteiger partial charge in [0.15, 0.2) is 5.96 Å². The van der Waals surface area contributed by atoms with E-state index in [0.29, 0.717) is 6.04 Å². The zero-order chi connectivity index (χ0) is 16.5. The molecule has 0 aliphatic rings. The van der Waals surface area contributed by atoms with Crippen molar-refractivity contribution in [2.24, 2.45) is 4.99 Å². The molecular formula is C17H31IN4O. The summed E-state index contributed by atoms with van der Waals surface area (Å²) < 4.78 is 5.49. The standard InChI is InChI=1S/C17H30N4O.HI/c1-7-13(2)20-17(18-3)19-12-15(21(4)5)14-10-8-9-11-16(14)22-6;/h8-11,13,15H,7,12H2,1-6H3,(H2,18,19,20);1H. The lowest BCUT2D eigenvalue weighted by Gasteiger charge is -2.27. The normalized spacial score (nSPS) is 14.0. The van der Waals surface area contributed by atoms with Crippen molar-refractivity contribution < 1.29 is 4.74 Å². The molecule has 0 bridgehead atoms. The lowest BCUT2D eigenvalue weighted by Crippen LogP contribution is -2.44. The van der Waals surface area contributed by atoms with Gasteiger partial charge >= 0.3 is 0 Å². The summed E-state index contributed by atoms with van der Waals surface area (Å²) >= 11 is 0. The third-order valence-electron chi connectivity index (χ3n) is 3.80. The summed E-state index contributed by atoms with van der Waals surface area (Å²) in [4.78, 5) is 6.47. The second kappa shape index (κ2) is 11.5. The molecule has 2 unspecified atom stereocenters. The fourth-order valence-electron chi connectivity index (χ4n) is 2.24. The van der Waals surface area contributed by atoms with Crippen molar-refractivity contribution >= 4 is 29.9 Å². The SMILES string of the molecule is CCC(C)NC(=NC)NCC(c1ccccc1OC)N(C)C.I. The van der Waals surface area contributed by atoms with Crippen LogP contribution in [0.15, 0.2) is 29.3 Å². The molecule has 132 valence electrons. The van der Waals surface area contributed by atoms with Crippen LogP contribution in [0.4, 0.5) is 0 Å². The first kappa shape index (κ1) is 22.0. The van der Waals surface area contributed by atoms with E-state index >= 15 is 0 Å². The van der Waals surface area contributed by atoms with Gasteiger partial charge in [-0.3, -0.25) is 4.99 Å². The quantitative estimate of drug-likeness (QED) is 0.394. The second-order valence-electron chi connectivity index (χ2n) is 5.63. The van der Waals surface area contributed by atoms with E-state index in [2.05, 4.69) is 54.5 Å². The summed E-state index contributed by atoms with van der Waals surface area (Å²) in [5.41, 5.74) is 1.17. The second-order valence-corrected chi connectivity index (χ2v) is 5.63. The van der Waals surface area contributed by atoms with E-state index in [-0.39, 0.29) is 30.0 Å². The molecule has 1 aromatic carbocycles. The maximum absolute atomic E-state index is 5.49. The number of benzene rings is 1. The molecule has 0 radical (unpaired) electrons. The third kappa shape index (κ3) is 6.95. The minimum atomic E-state index is 0. The number of para-hydroxylation sites is 1. The van der Waals surface area contributed by atoms with E-state index in [4.69, 9.17) is 4.74 Å². The van der Waals surface area contributed by atoms with Crippen molar-refractivity contribution in [3.05, 3.63) is 29.8 Å². The number of aliphatic imine (C=N–C) groups is 1. The molecule has 0 aliphatic carbocycles. The first-order valence-electron chi connectivity index (χ1n) is 7.80. The van der Waals surface area contributed by atoms with Crippen LogP contribution in [0.1, 0.15) is 31.9 Å². The van der Waals surface area contributed by atoms with Crippen LogP contribution in [0, 0.1) is 0 Å². The Morgan fingerprint density at radius 3 is 2.48 bits per heavy atom. The van der Waals surface area contributed by atoms with Crippen LogP contribution in [0.3, 0.4) is 0 Å². The molecule has 1 aromatic rings. The Labute approximate surface area is 157 Å². The van der Waals surface area contributed by atoms with E-state index in [1.54, 1.807) is 14.2 Å². The Morgan fingerprint density at radius 1 is 1.30 bits per heavy atom. The molecular weight excluding hydrogens is 403 g/mol. The van der Waals surface area contributed by atoms with Gasteiger partial charge in [-0.2, -0.15) is 0 Å². The first-order valence-corrected chi connectivity index (χ1v) is 7.80. The first-order chi connectivity index (χ1) is 10.5. The maximum Gasteiger partial charge on any atom is 0.191 e. The van der Waals surface area contributed by atoms with Crippen LogP contribution in [0.25, 0.3) is 0 Å². The van der Waals surface area contributed by atoms with Crippen LogP contribution >= 0.6 is 24.0 Å². The number of nitrogens with one attached hydrogen (secondary N) is 2. The Kier molecular flexibility index (Phi) is 11.0. The van der Waals surface area contributed by atoms with Crippen molar-refractivity contribution in [3.63, 3.8) is 0 Å². The summed E-state index contributed by atoms with van der Waals surface area (Å²) in [6, 6.07) is 8.74.